The smallest absolute Gasteiger partial charge is 0.260 e. The summed E-state index contributed by atoms with van der Waals surface area (Å²) in [4.78, 5) is 30.0. The van der Waals surface area contributed by atoms with Crippen molar-refractivity contribution in [3.8, 4) is 28.4 Å². The number of amides is 2. The minimum Gasteiger partial charge on any atom is -0.497 e. The summed E-state index contributed by atoms with van der Waals surface area (Å²) in [7, 11) is 1.63. The monoisotopic (exact) mass is 577 g/mol. The molecular formula is C31H29Cl2N3O4. The van der Waals surface area contributed by atoms with Gasteiger partial charge in [-0.1, -0.05) is 35.3 Å². The number of carbonyl (C=O) groups excluding carboxylic acids is 2. The zero-order chi connectivity index (χ0) is 28.2. The third-order valence-corrected chi connectivity index (χ3v) is 7.62. The van der Waals surface area contributed by atoms with E-state index >= 15 is 0 Å². The maximum atomic E-state index is 13.8. The molecule has 2 heterocycles. The van der Waals surface area contributed by atoms with Crippen LogP contribution in [-0.4, -0.2) is 66.1 Å². The van der Waals surface area contributed by atoms with E-state index in [1.54, 1.807) is 41.2 Å². The Labute approximate surface area is 243 Å². The second-order valence-corrected chi connectivity index (χ2v) is 10.3. The van der Waals surface area contributed by atoms with Crippen molar-refractivity contribution in [3.05, 3.63) is 100 Å². The Hall–Kier alpha value is -3.94. The van der Waals surface area contributed by atoms with Crippen LogP contribution in [-0.2, 0) is 4.79 Å². The van der Waals surface area contributed by atoms with Crippen molar-refractivity contribution in [1.29, 1.82) is 0 Å². The maximum Gasteiger partial charge on any atom is 0.260 e. The Kier molecular flexibility index (Phi) is 8.33. The van der Waals surface area contributed by atoms with Crippen LogP contribution in [0.15, 0.2) is 78.9 Å². The van der Waals surface area contributed by atoms with Crippen molar-refractivity contribution in [1.82, 2.24) is 14.4 Å². The lowest BCUT2D eigenvalue weighted by atomic mass is 10.1. The number of aromatic nitrogens is 1. The van der Waals surface area contributed by atoms with E-state index in [9.17, 15) is 9.59 Å². The number of hydrogen-bond acceptors (Lipinski definition) is 4. The summed E-state index contributed by atoms with van der Waals surface area (Å²) in [5.41, 5.74) is 3.96. The SMILES string of the molecule is COc1ccc(-c2cc(C(=O)N3CCN(C(=O)COc4ccc(Cl)cc4)CC3)c(C)n2-c2ccccc2Cl)cc1. The third-order valence-electron chi connectivity index (χ3n) is 7.05. The van der Waals surface area contributed by atoms with Crippen LogP contribution >= 0.6 is 23.2 Å². The number of benzene rings is 3. The molecule has 0 aliphatic carbocycles. The second-order valence-electron chi connectivity index (χ2n) is 9.46. The van der Waals surface area contributed by atoms with Gasteiger partial charge in [0.1, 0.15) is 11.5 Å². The van der Waals surface area contributed by atoms with E-state index in [1.807, 2.05) is 66.1 Å². The average molecular weight is 578 g/mol. The average Bonchev–Trinajstić information content (AvgIpc) is 3.33. The van der Waals surface area contributed by atoms with Crippen molar-refractivity contribution in [2.75, 3.05) is 39.9 Å². The van der Waals surface area contributed by atoms with Gasteiger partial charge in [-0.2, -0.15) is 0 Å². The fraction of sp³-hybridized carbons (Fsp3) is 0.226. The van der Waals surface area contributed by atoms with Crippen LogP contribution in [0.5, 0.6) is 11.5 Å². The van der Waals surface area contributed by atoms with E-state index in [2.05, 4.69) is 0 Å². The van der Waals surface area contributed by atoms with Crippen molar-refractivity contribution in [3.63, 3.8) is 0 Å². The number of halogens is 2. The largest absolute Gasteiger partial charge is 0.497 e. The maximum absolute atomic E-state index is 13.8. The highest BCUT2D eigenvalue weighted by Gasteiger charge is 2.28. The van der Waals surface area contributed by atoms with Crippen LogP contribution in [0.4, 0.5) is 0 Å². The fourth-order valence-electron chi connectivity index (χ4n) is 4.84. The molecule has 0 N–H and O–H groups in total. The molecule has 0 spiro atoms. The molecule has 206 valence electrons. The fourth-order valence-corrected chi connectivity index (χ4v) is 5.18. The lowest BCUT2D eigenvalue weighted by molar-refractivity contribution is -0.134. The lowest BCUT2D eigenvalue weighted by Crippen LogP contribution is -2.51. The van der Waals surface area contributed by atoms with Crippen LogP contribution in [0.25, 0.3) is 16.9 Å². The molecule has 0 saturated carbocycles. The normalized spacial score (nSPS) is 13.3. The molecule has 1 fully saturated rings. The molecule has 0 atom stereocenters. The van der Waals surface area contributed by atoms with Crippen LogP contribution in [0.3, 0.4) is 0 Å². The van der Waals surface area contributed by atoms with Crippen LogP contribution < -0.4 is 9.47 Å². The minimum atomic E-state index is -0.120. The van der Waals surface area contributed by atoms with Crippen LogP contribution in [0.1, 0.15) is 16.1 Å². The highest BCUT2D eigenvalue weighted by Crippen LogP contribution is 2.34. The Morgan fingerprint density at radius 3 is 2.10 bits per heavy atom. The summed E-state index contributed by atoms with van der Waals surface area (Å²) in [5.74, 6) is 1.13. The number of ether oxygens (including phenoxy) is 2. The first-order chi connectivity index (χ1) is 19.4. The zero-order valence-electron chi connectivity index (χ0n) is 22.3. The van der Waals surface area contributed by atoms with E-state index in [0.29, 0.717) is 47.5 Å². The first-order valence-corrected chi connectivity index (χ1v) is 13.7. The van der Waals surface area contributed by atoms with E-state index in [1.165, 1.54) is 0 Å². The summed E-state index contributed by atoms with van der Waals surface area (Å²) < 4.78 is 13.0. The summed E-state index contributed by atoms with van der Waals surface area (Å²) in [6.45, 7) is 3.59. The second kappa shape index (κ2) is 12.1. The zero-order valence-corrected chi connectivity index (χ0v) is 23.8. The Bertz CT molecular complexity index is 1510. The number of nitrogens with zero attached hydrogens (tertiary/aromatic N) is 3. The minimum absolute atomic E-state index is 0.0689. The van der Waals surface area contributed by atoms with E-state index in [-0.39, 0.29) is 18.4 Å². The summed E-state index contributed by atoms with van der Waals surface area (Å²) in [5, 5.41) is 1.19. The van der Waals surface area contributed by atoms with Crippen molar-refractivity contribution >= 4 is 35.0 Å². The molecule has 0 bridgehead atoms. The summed E-state index contributed by atoms with van der Waals surface area (Å²) in [6, 6.07) is 24.1. The molecule has 7 nitrogen and oxygen atoms in total. The number of carbonyl (C=O) groups is 2. The Morgan fingerprint density at radius 2 is 1.45 bits per heavy atom. The molecule has 0 radical (unpaired) electrons. The molecule has 4 aromatic rings. The highest BCUT2D eigenvalue weighted by atomic mass is 35.5. The van der Waals surface area contributed by atoms with Gasteiger partial charge in [-0.05, 0) is 79.2 Å². The first-order valence-electron chi connectivity index (χ1n) is 12.9. The predicted octanol–water partition coefficient (Wildman–Crippen LogP) is 6.13. The molecule has 1 aliphatic heterocycles. The molecule has 1 aliphatic rings. The Balaban J connectivity index is 1.33. The molecule has 5 rings (SSSR count). The molecule has 9 heteroatoms. The molecule has 40 heavy (non-hydrogen) atoms. The Morgan fingerprint density at radius 1 is 0.825 bits per heavy atom. The van der Waals surface area contributed by atoms with Gasteiger partial charge in [-0.25, -0.2) is 0 Å². The molecule has 2 amide bonds. The van der Waals surface area contributed by atoms with Crippen LogP contribution in [0, 0.1) is 6.92 Å². The van der Waals surface area contributed by atoms with Gasteiger partial charge in [0.2, 0.25) is 0 Å². The van der Waals surface area contributed by atoms with Gasteiger partial charge in [0.25, 0.3) is 11.8 Å². The third kappa shape index (κ3) is 5.81. The van der Waals surface area contributed by atoms with Crippen molar-refractivity contribution in [2.45, 2.75) is 6.92 Å². The quantitative estimate of drug-likeness (QED) is 0.265. The molecule has 0 unspecified atom stereocenters. The number of methoxy groups -OCH3 is 1. The van der Waals surface area contributed by atoms with Gasteiger partial charge < -0.3 is 23.8 Å². The van der Waals surface area contributed by atoms with Crippen LogP contribution in [0.2, 0.25) is 10.0 Å². The van der Waals surface area contributed by atoms with Gasteiger partial charge >= 0.3 is 0 Å². The number of hydrogen-bond donors (Lipinski definition) is 0. The van der Waals surface area contributed by atoms with E-state index < -0.39 is 0 Å². The first kappa shape index (κ1) is 27.6. The van der Waals surface area contributed by atoms with E-state index in [4.69, 9.17) is 32.7 Å². The topological polar surface area (TPSA) is 64.0 Å². The number of rotatable bonds is 7. The molecule has 1 aromatic heterocycles. The lowest BCUT2D eigenvalue weighted by Gasteiger charge is -2.34. The van der Waals surface area contributed by atoms with Gasteiger partial charge in [0.05, 0.1) is 29.1 Å². The van der Waals surface area contributed by atoms with Gasteiger partial charge in [0.15, 0.2) is 6.61 Å². The highest BCUT2D eigenvalue weighted by molar-refractivity contribution is 6.32. The van der Waals surface area contributed by atoms with Gasteiger partial charge in [-0.3, -0.25) is 9.59 Å². The summed E-state index contributed by atoms with van der Waals surface area (Å²) >= 11 is 12.5. The molecule has 3 aromatic carbocycles. The molecular weight excluding hydrogens is 549 g/mol. The standard InChI is InChI=1S/C31H29Cl2N3O4/c1-21-26(19-29(22-7-11-24(39-2)12-8-22)36(21)28-6-4-3-5-27(28)33)31(38)35-17-15-34(16-18-35)30(37)20-40-25-13-9-23(32)10-14-25/h3-14,19H,15-18,20H2,1-2H3. The van der Waals surface area contributed by atoms with E-state index in [0.717, 1.165) is 28.4 Å². The predicted molar refractivity (Wildman–Crippen MR) is 157 cm³/mol. The van der Waals surface area contributed by atoms with Gasteiger partial charge in [0, 0.05) is 36.9 Å². The molecule has 1 saturated heterocycles. The van der Waals surface area contributed by atoms with Crippen molar-refractivity contribution < 1.29 is 19.1 Å². The number of para-hydroxylation sites is 1. The van der Waals surface area contributed by atoms with Crippen molar-refractivity contribution in [2.24, 2.45) is 0 Å². The summed E-state index contributed by atoms with van der Waals surface area (Å²) in [6.07, 6.45) is 0. The number of piperazine rings is 1. The van der Waals surface area contributed by atoms with Gasteiger partial charge in [-0.15, -0.1) is 0 Å².